The Morgan fingerprint density at radius 3 is 1.66 bits per heavy atom. The third-order valence-corrected chi connectivity index (χ3v) is 12.9. The molecule has 1 fully saturated rings. The van der Waals surface area contributed by atoms with Crippen molar-refractivity contribution in [2.24, 2.45) is 0 Å². The summed E-state index contributed by atoms with van der Waals surface area (Å²) >= 11 is 0. The molecule has 4 aromatic rings. The van der Waals surface area contributed by atoms with Crippen LogP contribution in [0.5, 0.6) is 0 Å². The van der Waals surface area contributed by atoms with E-state index in [2.05, 4.69) is 25.1 Å². The Balaban J connectivity index is 1.61. The smallest absolute Gasteiger partial charge is 0.372 e. The van der Waals surface area contributed by atoms with Crippen LogP contribution < -0.4 is 15.9 Å². The Morgan fingerprint density at radius 1 is 0.773 bits per heavy atom. The Bertz CT molecular complexity index is 1540. The van der Waals surface area contributed by atoms with Gasteiger partial charge in [-0.05, 0) is 53.6 Å². The zero-order chi connectivity index (χ0) is 30.8. The summed E-state index contributed by atoms with van der Waals surface area (Å²) in [6.07, 6.45) is 5.55. The molecule has 0 aromatic heterocycles. The van der Waals surface area contributed by atoms with E-state index in [0.29, 0.717) is 13.0 Å². The van der Waals surface area contributed by atoms with E-state index in [1.165, 1.54) is 0 Å². The van der Waals surface area contributed by atoms with Gasteiger partial charge in [0.15, 0.2) is 0 Å². The Hall–Kier alpha value is -4.39. The molecule has 1 amide bonds. The van der Waals surface area contributed by atoms with Crippen LogP contribution in [0.4, 0.5) is 4.79 Å². The average molecular weight is 603 g/mol. The molecule has 0 spiro atoms. The monoisotopic (exact) mass is 602 g/mol. The molecule has 0 aliphatic heterocycles. The maximum absolute atomic E-state index is 14.3. The lowest BCUT2D eigenvalue weighted by atomic mass is 9.71. The van der Waals surface area contributed by atoms with Crippen molar-refractivity contribution in [2.75, 3.05) is 6.54 Å². The van der Waals surface area contributed by atoms with E-state index in [4.69, 9.17) is 4.74 Å². The van der Waals surface area contributed by atoms with Gasteiger partial charge >= 0.3 is 12.1 Å². The molecule has 44 heavy (non-hydrogen) atoms. The number of nitrogens with zero attached hydrogens (tertiary/aromatic N) is 2. The van der Waals surface area contributed by atoms with Crippen molar-refractivity contribution in [1.82, 2.24) is 4.90 Å². The molecule has 0 N–H and O–H groups in total. The average Bonchev–Trinajstić information content (AvgIpc) is 3.05. The molecule has 1 aliphatic rings. The molecule has 0 atom stereocenters. The maximum atomic E-state index is 14.3. The van der Waals surface area contributed by atoms with Crippen LogP contribution in [-0.2, 0) is 16.0 Å². The van der Waals surface area contributed by atoms with E-state index >= 15 is 0 Å². The van der Waals surface area contributed by atoms with E-state index < -0.39 is 24.5 Å². The van der Waals surface area contributed by atoms with Crippen LogP contribution in [0.2, 0.25) is 0 Å². The summed E-state index contributed by atoms with van der Waals surface area (Å²) in [4.78, 5) is 30.2. The molecule has 6 heteroatoms. The van der Waals surface area contributed by atoms with Crippen LogP contribution in [0.25, 0.3) is 0 Å². The summed E-state index contributed by atoms with van der Waals surface area (Å²) < 4.78 is 5.80. The number of amides is 1. The SMILES string of the molecule is CCCCCN(C(=O)OC(=O)C(C#N)=P(c1ccccc1)(c1ccccc1)c1ccccc1)C1(Cc2ccccc2)CCC1. The molecule has 0 saturated heterocycles. The summed E-state index contributed by atoms with van der Waals surface area (Å²) in [6, 6.07) is 41.5. The van der Waals surface area contributed by atoms with Gasteiger partial charge in [0, 0.05) is 13.4 Å². The number of hydrogen-bond donors (Lipinski definition) is 0. The fourth-order valence-corrected chi connectivity index (χ4v) is 10.4. The van der Waals surface area contributed by atoms with Crippen LogP contribution in [0.3, 0.4) is 0 Å². The molecule has 1 saturated carbocycles. The summed E-state index contributed by atoms with van der Waals surface area (Å²) in [5.74, 6) is -0.878. The van der Waals surface area contributed by atoms with Crippen molar-refractivity contribution >= 4 is 40.2 Å². The van der Waals surface area contributed by atoms with Gasteiger partial charge in [-0.1, -0.05) is 141 Å². The largest absolute Gasteiger partial charge is 0.418 e. The topological polar surface area (TPSA) is 70.4 Å². The van der Waals surface area contributed by atoms with Crippen LogP contribution in [0.1, 0.15) is 51.0 Å². The molecule has 0 bridgehead atoms. The van der Waals surface area contributed by atoms with Crippen molar-refractivity contribution < 1.29 is 14.3 Å². The van der Waals surface area contributed by atoms with Crippen LogP contribution in [0.15, 0.2) is 121 Å². The fraction of sp³-hybridized carbons (Fsp3) is 0.263. The lowest BCUT2D eigenvalue weighted by Crippen LogP contribution is -2.58. The molecule has 5 nitrogen and oxygen atoms in total. The van der Waals surface area contributed by atoms with Crippen LogP contribution >= 0.6 is 6.89 Å². The fourth-order valence-electron chi connectivity index (χ4n) is 6.37. The predicted molar refractivity (Wildman–Crippen MR) is 180 cm³/mol. The van der Waals surface area contributed by atoms with E-state index in [1.807, 2.05) is 109 Å². The van der Waals surface area contributed by atoms with Gasteiger partial charge in [0.05, 0.1) is 5.54 Å². The minimum atomic E-state index is -3.01. The third kappa shape index (κ3) is 6.28. The molecule has 0 heterocycles. The van der Waals surface area contributed by atoms with Gasteiger partial charge < -0.3 is 9.64 Å². The number of hydrogen-bond acceptors (Lipinski definition) is 4. The Kier molecular flexibility index (Phi) is 10.2. The first kappa shape index (κ1) is 31.0. The van der Waals surface area contributed by atoms with Crippen molar-refractivity contribution in [2.45, 2.75) is 57.4 Å². The number of carbonyl (C=O) groups excluding carboxylic acids is 2. The van der Waals surface area contributed by atoms with Crippen molar-refractivity contribution in [3.8, 4) is 6.07 Å². The second-order valence-electron chi connectivity index (χ2n) is 11.4. The van der Waals surface area contributed by atoms with Crippen molar-refractivity contribution in [3.05, 3.63) is 127 Å². The molecule has 0 unspecified atom stereocenters. The van der Waals surface area contributed by atoms with E-state index in [0.717, 1.165) is 60.0 Å². The van der Waals surface area contributed by atoms with Gasteiger partial charge in [-0.3, -0.25) is 0 Å². The van der Waals surface area contributed by atoms with Crippen molar-refractivity contribution in [3.63, 3.8) is 0 Å². The molecule has 5 rings (SSSR count). The van der Waals surface area contributed by atoms with Gasteiger partial charge in [0.1, 0.15) is 11.4 Å². The number of nitriles is 1. The highest BCUT2D eigenvalue weighted by Crippen LogP contribution is 2.46. The lowest BCUT2D eigenvalue weighted by molar-refractivity contribution is -0.131. The minimum absolute atomic E-state index is 0.0475. The standard InChI is InChI=1S/C38H39N2O3P/c1-2-3-16-28-40(38(26-17-27-38)29-31-18-8-4-9-19-31)37(42)43-36(41)35(30-39)44(32-20-10-5-11-21-32,33-22-12-6-13-23-33)34-24-14-7-15-25-34/h4-15,18-25H,2-3,16-17,26-29H2,1H3. The highest BCUT2D eigenvalue weighted by molar-refractivity contribution is 7.96. The predicted octanol–water partition coefficient (Wildman–Crippen LogP) is 7.00. The molecule has 4 aromatic carbocycles. The normalized spacial score (nSPS) is 13.6. The second kappa shape index (κ2) is 14.4. The maximum Gasteiger partial charge on any atom is 0.418 e. The van der Waals surface area contributed by atoms with Crippen LogP contribution in [-0.4, -0.2) is 34.3 Å². The quantitative estimate of drug-likeness (QED) is 0.0803. The highest BCUT2D eigenvalue weighted by atomic mass is 31.2. The van der Waals surface area contributed by atoms with Gasteiger partial charge in [-0.2, -0.15) is 5.26 Å². The molecule has 0 radical (unpaired) electrons. The number of benzene rings is 4. The highest BCUT2D eigenvalue weighted by Gasteiger charge is 2.46. The van der Waals surface area contributed by atoms with Gasteiger partial charge in [-0.15, -0.1) is 0 Å². The second-order valence-corrected chi connectivity index (χ2v) is 14.7. The molecule has 1 aliphatic carbocycles. The number of unbranched alkanes of at least 4 members (excludes halogenated alkanes) is 2. The summed E-state index contributed by atoms with van der Waals surface area (Å²) in [7, 11) is 0. The summed E-state index contributed by atoms with van der Waals surface area (Å²) in [5.41, 5.74) is 0.738. The van der Waals surface area contributed by atoms with E-state index in [9.17, 15) is 14.9 Å². The van der Waals surface area contributed by atoms with E-state index in [-0.39, 0.29) is 5.29 Å². The lowest BCUT2D eigenvalue weighted by Gasteiger charge is -2.50. The van der Waals surface area contributed by atoms with Gasteiger partial charge in [-0.25, -0.2) is 9.59 Å². The summed E-state index contributed by atoms with van der Waals surface area (Å²) in [5, 5.41) is 13.3. The van der Waals surface area contributed by atoms with E-state index in [1.54, 1.807) is 4.90 Å². The first-order valence-corrected chi connectivity index (χ1v) is 17.3. The minimum Gasteiger partial charge on any atom is -0.372 e. The summed E-state index contributed by atoms with van der Waals surface area (Å²) in [6.45, 7) is -0.377. The van der Waals surface area contributed by atoms with Gasteiger partial charge in [0.2, 0.25) is 0 Å². The first-order chi connectivity index (χ1) is 21.5. The van der Waals surface area contributed by atoms with Crippen LogP contribution in [0, 0.1) is 11.3 Å². The zero-order valence-electron chi connectivity index (χ0n) is 25.3. The number of ether oxygens (including phenoxy) is 1. The van der Waals surface area contributed by atoms with Gasteiger partial charge in [0.25, 0.3) is 0 Å². The van der Waals surface area contributed by atoms with Crippen molar-refractivity contribution in [1.29, 1.82) is 5.26 Å². The molecular formula is C38H39N2O3P. The zero-order valence-corrected chi connectivity index (χ0v) is 26.2. The molecular weight excluding hydrogens is 563 g/mol. The third-order valence-electron chi connectivity index (χ3n) is 8.68. The first-order valence-electron chi connectivity index (χ1n) is 15.5. The Labute approximate surface area is 261 Å². The Morgan fingerprint density at radius 2 is 1.25 bits per heavy atom. The number of carbonyl (C=O) groups is 2. The number of esters is 1. The number of rotatable bonds is 11. The molecule has 224 valence electrons.